The summed E-state index contributed by atoms with van der Waals surface area (Å²) in [6.07, 6.45) is -2.60. The second-order valence-corrected chi connectivity index (χ2v) is 6.33. The normalized spacial score (nSPS) is 13.8. The highest BCUT2D eigenvalue weighted by molar-refractivity contribution is 7.15. The Labute approximate surface area is 138 Å². The highest BCUT2D eigenvalue weighted by Crippen LogP contribution is 2.39. The predicted molar refractivity (Wildman–Crippen MR) is 81.8 cm³/mol. The van der Waals surface area contributed by atoms with Crippen molar-refractivity contribution in [3.05, 3.63) is 35.5 Å². The Morgan fingerprint density at radius 2 is 2.08 bits per heavy atom. The molecule has 0 saturated carbocycles. The van der Waals surface area contributed by atoms with Gasteiger partial charge in [-0.1, -0.05) is 12.1 Å². The molecule has 24 heavy (non-hydrogen) atoms. The lowest BCUT2D eigenvalue weighted by Gasteiger charge is -2.07. The van der Waals surface area contributed by atoms with Gasteiger partial charge in [-0.15, -0.1) is 11.3 Å². The van der Waals surface area contributed by atoms with Gasteiger partial charge in [-0.05, 0) is 12.1 Å². The van der Waals surface area contributed by atoms with Gasteiger partial charge >= 0.3 is 6.18 Å². The third-order valence-electron chi connectivity index (χ3n) is 3.56. The maximum atomic E-state index is 12.7. The second-order valence-electron chi connectivity index (χ2n) is 5.24. The number of hydrogen-bond donors (Lipinski definition) is 0. The summed E-state index contributed by atoms with van der Waals surface area (Å²) in [4.78, 5) is 9.46. The van der Waals surface area contributed by atoms with Crippen LogP contribution >= 0.6 is 11.3 Å². The van der Waals surface area contributed by atoms with E-state index in [-0.39, 0.29) is 5.82 Å². The summed E-state index contributed by atoms with van der Waals surface area (Å²) >= 11 is 1.33. The van der Waals surface area contributed by atoms with Crippen molar-refractivity contribution in [3.63, 3.8) is 0 Å². The SMILES string of the molecule is FC(F)(F)Cn1ncnc1-c1nc2c(s1)CCOc1ccccc1-2. The molecule has 9 heteroatoms. The number of benzene rings is 1. The van der Waals surface area contributed by atoms with Crippen LogP contribution in [0.1, 0.15) is 4.88 Å². The molecule has 0 radical (unpaired) electrons. The van der Waals surface area contributed by atoms with E-state index in [1.165, 1.54) is 11.3 Å². The van der Waals surface area contributed by atoms with Gasteiger partial charge in [0.2, 0.25) is 0 Å². The zero-order valence-electron chi connectivity index (χ0n) is 12.2. The minimum atomic E-state index is -4.36. The molecule has 5 nitrogen and oxygen atoms in total. The highest BCUT2D eigenvalue weighted by Gasteiger charge is 2.31. The van der Waals surface area contributed by atoms with Crippen molar-refractivity contribution in [2.45, 2.75) is 19.1 Å². The number of aromatic nitrogens is 4. The lowest BCUT2D eigenvalue weighted by atomic mass is 10.1. The molecule has 2 aromatic heterocycles. The fraction of sp³-hybridized carbons (Fsp3) is 0.267. The summed E-state index contributed by atoms with van der Waals surface area (Å²) < 4.78 is 44.5. The van der Waals surface area contributed by atoms with Crippen molar-refractivity contribution in [2.24, 2.45) is 0 Å². The second kappa shape index (κ2) is 5.59. The summed E-state index contributed by atoms with van der Waals surface area (Å²) in [5.74, 6) is 0.855. The van der Waals surface area contributed by atoms with Crippen molar-refractivity contribution in [1.82, 2.24) is 19.7 Å². The van der Waals surface area contributed by atoms with Gasteiger partial charge in [-0.2, -0.15) is 18.3 Å². The van der Waals surface area contributed by atoms with E-state index in [1.807, 2.05) is 24.3 Å². The lowest BCUT2D eigenvalue weighted by Crippen LogP contribution is -2.19. The maximum Gasteiger partial charge on any atom is 0.408 e. The van der Waals surface area contributed by atoms with Crippen molar-refractivity contribution in [2.75, 3.05) is 6.61 Å². The molecular formula is C15H11F3N4OS. The van der Waals surface area contributed by atoms with Crippen LogP contribution in [-0.4, -0.2) is 32.5 Å². The van der Waals surface area contributed by atoms with E-state index in [9.17, 15) is 13.2 Å². The number of ether oxygens (including phenoxy) is 1. The zero-order chi connectivity index (χ0) is 16.7. The van der Waals surface area contributed by atoms with Crippen LogP contribution in [0.25, 0.3) is 22.1 Å². The summed E-state index contributed by atoms with van der Waals surface area (Å²) in [6, 6.07) is 7.50. The van der Waals surface area contributed by atoms with Crippen molar-refractivity contribution >= 4 is 11.3 Å². The minimum Gasteiger partial charge on any atom is -0.493 e. The first-order valence-electron chi connectivity index (χ1n) is 7.18. The van der Waals surface area contributed by atoms with E-state index in [1.54, 1.807) is 0 Å². The van der Waals surface area contributed by atoms with Crippen molar-refractivity contribution in [1.29, 1.82) is 0 Å². The van der Waals surface area contributed by atoms with Gasteiger partial charge in [-0.25, -0.2) is 14.6 Å². The number of thiazole rings is 1. The van der Waals surface area contributed by atoms with Crippen molar-refractivity contribution < 1.29 is 17.9 Å². The molecule has 1 aliphatic heterocycles. The van der Waals surface area contributed by atoms with Gasteiger partial charge in [0, 0.05) is 16.9 Å². The number of halogens is 3. The van der Waals surface area contributed by atoms with Crippen LogP contribution in [0.5, 0.6) is 5.75 Å². The molecule has 0 aliphatic carbocycles. The van der Waals surface area contributed by atoms with E-state index in [2.05, 4.69) is 15.1 Å². The Morgan fingerprint density at radius 3 is 2.92 bits per heavy atom. The quantitative estimate of drug-likeness (QED) is 0.708. The van der Waals surface area contributed by atoms with Crippen LogP contribution in [0.4, 0.5) is 13.2 Å². The average Bonchev–Trinajstić information content (AvgIpc) is 3.09. The summed E-state index contributed by atoms with van der Waals surface area (Å²) in [6.45, 7) is -0.687. The van der Waals surface area contributed by atoms with Gasteiger partial charge in [-0.3, -0.25) is 0 Å². The van der Waals surface area contributed by atoms with Crippen LogP contribution in [0, 0.1) is 0 Å². The molecule has 0 atom stereocenters. The van der Waals surface area contributed by atoms with Crippen molar-refractivity contribution in [3.8, 4) is 27.8 Å². The third-order valence-corrected chi connectivity index (χ3v) is 4.67. The summed E-state index contributed by atoms with van der Waals surface area (Å²) in [5.41, 5.74) is 1.58. The molecule has 0 N–H and O–H groups in total. The summed E-state index contributed by atoms with van der Waals surface area (Å²) in [7, 11) is 0. The standard InChI is InChI=1S/C15H11F3N4OS/c16-15(17,18)7-22-13(19-8-20-22)14-21-12-9-3-1-2-4-10(9)23-6-5-11(12)24-14/h1-4,8H,5-7H2. The lowest BCUT2D eigenvalue weighted by molar-refractivity contribution is -0.142. The number of para-hydroxylation sites is 1. The van der Waals surface area contributed by atoms with Gasteiger partial charge in [0.25, 0.3) is 0 Å². The fourth-order valence-electron chi connectivity index (χ4n) is 2.58. The maximum absolute atomic E-state index is 12.7. The number of alkyl halides is 3. The first kappa shape index (κ1) is 15.1. The fourth-order valence-corrected chi connectivity index (χ4v) is 3.64. The third kappa shape index (κ3) is 2.75. The van der Waals surface area contributed by atoms with Gasteiger partial charge in [0.1, 0.15) is 18.6 Å². The van der Waals surface area contributed by atoms with E-state index >= 15 is 0 Å². The summed E-state index contributed by atoms with van der Waals surface area (Å²) in [5, 5.41) is 4.10. The molecule has 3 aromatic rings. The smallest absolute Gasteiger partial charge is 0.408 e. The minimum absolute atomic E-state index is 0.129. The van der Waals surface area contributed by atoms with E-state index < -0.39 is 12.7 Å². The largest absolute Gasteiger partial charge is 0.493 e. The monoisotopic (exact) mass is 352 g/mol. The van der Waals surface area contributed by atoms with Gasteiger partial charge < -0.3 is 4.74 Å². The van der Waals surface area contributed by atoms with E-state index in [4.69, 9.17) is 4.74 Å². The molecule has 124 valence electrons. The molecule has 0 saturated heterocycles. The molecule has 4 rings (SSSR count). The molecular weight excluding hydrogens is 341 g/mol. The molecule has 0 unspecified atom stereocenters. The first-order chi connectivity index (χ1) is 11.5. The molecule has 0 amide bonds. The number of fused-ring (bicyclic) bond motifs is 3. The van der Waals surface area contributed by atoms with Crippen LogP contribution in [0.2, 0.25) is 0 Å². The number of rotatable bonds is 2. The number of nitrogens with zero attached hydrogens (tertiary/aromatic N) is 4. The van der Waals surface area contributed by atoms with Crippen LogP contribution in [-0.2, 0) is 13.0 Å². The van der Waals surface area contributed by atoms with E-state index in [0.29, 0.717) is 18.0 Å². The van der Waals surface area contributed by atoms with E-state index in [0.717, 1.165) is 32.9 Å². The first-order valence-corrected chi connectivity index (χ1v) is 8.00. The zero-order valence-corrected chi connectivity index (χ0v) is 13.1. The molecule has 1 aliphatic rings. The molecule has 0 fully saturated rings. The van der Waals surface area contributed by atoms with Crippen LogP contribution < -0.4 is 4.74 Å². The van der Waals surface area contributed by atoms with Crippen LogP contribution in [0.15, 0.2) is 30.6 Å². The topological polar surface area (TPSA) is 52.8 Å². The Kier molecular flexibility index (Phi) is 3.52. The Bertz CT molecular complexity index is 887. The molecule has 0 bridgehead atoms. The van der Waals surface area contributed by atoms with Gasteiger partial charge in [0.05, 0.1) is 12.3 Å². The van der Waals surface area contributed by atoms with Gasteiger partial charge in [0.15, 0.2) is 10.8 Å². The molecule has 3 heterocycles. The molecule has 1 aromatic carbocycles. The number of hydrogen-bond acceptors (Lipinski definition) is 5. The Morgan fingerprint density at radius 1 is 1.25 bits per heavy atom. The highest BCUT2D eigenvalue weighted by atomic mass is 32.1. The Balaban J connectivity index is 1.79. The average molecular weight is 352 g/mol. The predicted octanol–water partition coefficient (Wildman–Crippen LogP) is 3.57. The Hall–Kier alpha value is -2.42. The molecule has 0 spiro atoms. The van der Waals surface area contributed by atoms with Crippen LogP contribution in [0.3, 0.4) is 0 Å².